The molecule has 0 saturated carbocycles. The molecule has 1 aliphatic heterocycles. The van der Waals surface area contributed by atoms with Crippen molar-refractivity contribution >= 4 is 11.5 Å². The molecule has 1 fully saturated rings. The normalized spacial score (nSPS) is 19.4. The third-order valence-corrected chi connectivity index (χ3v) is 4.36. The number of aryl methyl sites for hydroxylation is 1. The molecule has 5 heteroatoms. The molecule has 1 aliphatic rings. The van der Waals surface area contributed by atoms with Gasteiger partial charge in [0.1, 0.15) is 5.82 Å². The molecule has 0 aliphatic carbocycles. The number of nitrogens with zero attached hydrogens (tertiary/aromatic N) is 5. The van der Waals surface area contributed by atoms with Crippen LogP contribution < -0.4 is 4.90 Å². The summed E-state index contributed by atoms with van der Waals surface area (Å²) in [7, 11) is 4.32. The fourth-order valence-corrected chi connectivity index (χ4v) is 2.98. The van der Waals surface area contributed by atoms with Gasteiger partial charge in [0, 0.05) is 37.0 Å². The van der Waals surface area contributed by atoms with Gasteiger partial charge in [0.25, 0.3) is 0 Å². The van der Waals surface area contributed by atoms with Gasteiger partial charge >= 0.3 is 0 Å². The monoisotopic (exact) mass is 287 g/mol. The predicted octanol–water partition coefficient (Wildman–Crippen LogP) is 2.30. The Hall–Kier alpha value is -1.62. The Labute approximate surface area is 126 Å². The second-order valence-corrected chi connectivity index (χ2v) is 6.60. The van der Waals surface area contributed by atoms with Crippen LogP contribution in [0.3, 0.4) is 0 Å². The highest BCUT2D eigenvalue weighted by Crippen LogP contribution is 2.26. The first kappa shape index (κ1) is 14.3. The largest absolute Gasteiger partial charge is 0.355 e. The SMILES string of the molecule is Cc1cc2nc(C(C)C)cc(N3CC[C@@H](N(C)C)C3)n2n1. The molecule has 2 aromatic rings. The van der Waals surface area contributed by atoms with E-state index >= 15 is 0 Å². The topological polar surface area (TPSA) is 36.7 Å². The lowest BCUT2D eigenvalue weighted by Crippen LogP contribution is -2.32. The zero-order chi connectivity index (χ0) is 15.1. The molecule has 3 rings (SSSR count). The van der Waals surface area contributed by atoms with E-state index in [1.807, 2.05) is 11.4 Å². The Bertz CT molecular complexity index is 643. The van der Waals surface area contributed by atoms with Gasteiger partial charge in [-0.15, -0.1) is 0 Å². The Morgan fingerprint density at radius 1 is 1.29 bits per heavy atom. The molecule has 0 unspecified atom stereocenters. The molecule has 0 radical (unpaired) electrons. The van der Waals surface area contributed by atoms with Gasteiger partial charge < -0.3 is 9.80 Å². The van der Waals surface area contributed by atoms with E-state index in [1.165, 1.54) is 12.2 Å². The molecule has 0 N–H and O–H groups in total. The van der Waals surface area contributed by atoms with Crippen LogP contribution in [-0.4, -0.2) is 52.7 Å². The molecule has 5 nitrogen and oxygen atoms in total. The van der Waals surface area contributed by atoms with Crippen molar-refractivity contribution in [2.24, 2.45) is 0 Å². The van der Waals surface area contributed by atoms with Crippen molar-refractivity contribution in [1.82, 2.24) is 19.5 Å². The first-order valence-corrected chi connectivity index (χ1v) is 7.74. The van der Waals surface area contributed by atoms with Gasteiger partial charge in [0.05, 0.1) is 5.69 Å². The van der Waals surface area contributed by atoms with Crippen LogP contribution in [0, 0.1) is 6.92 Å². The van der Waals surface area contributed by atoms with Crippen LogP contribution in [0.25, 0.3) is 5.65 Å². The molecular formula is C16H25N5. The molecule has 2 aromatic heterocycles. The standard InChI is InChI=1S/C16H25N5/c1-11(2)14-9-16(20-7-6-13(10-20)19(4)5)21-15(17-14)8-12(3)18-21/h8-9,11,13H,6-7,10H2,1-5H3/t13-/m1/s1. The first-order valence-electron chi connectivity index (χ1n) is 7.74. The summed E-state index contributed by atoms with van der Waals surface area (Å²) < 4.78 is 2.00. The molecule has 21 heavy (non-hydrogen) atoms. The van der Waals surface area contributed by atoms with Crippen molar-refractivity contribution in [2.75, 3.05) is 32.1 Å². The highest BCUT2D eigenvalue weighted by atomic mass is 15.4. The Balaban J connectivity index is 2.04. The number of hydrogen-bond donors (Lipinski definition) is 0. The van der Waals surface area contributed by atoms with E-state index in [0.29, 0.717) is 12.0 Å². The van der Waals surface area contributed by atoms with Crippen molar-refractivity contribution in [2.45, 2.75) is 39.2 Å². The van der Waals surface area contributed by atoms with Crippen molar-refractivity contribution in [3.8, 4) is 0 Å². The van der Waals surface area contributed by atoms with Gasteiger partial charge in [-0.25, -0.2) is 4.98 Å². The minimum atomic E-state index is 0.427. The van der Waals surface area contributed by atoms with E-state index in [4.69, 9.17) is 4.98 Å². The maximum absolute atomic E-state index is 4.75. The molecule has 0 bridgehead atoms. The number of rotatable bonds is 3. The van der Waals surface area contributed by atoms with Crippen LogP contribution in [0.5, 0.6) is 0 Å². The van der Waals surface area contributed by atoms with E-state index in [-0.39, 0.29) is 0 Å². The summed E-state index contributed by atoms with van der Waals surface area (Å²) in [6.07, 6.45) is 1.20. The molecule has 114 valence electrons. The van der Waals surface area contributed by atoms with E-state index in [9.17, 15) is 0 Å². The number of aromatic nitrogens is 3. The Morgan fingerprint density at radius 2 is 2.05 bits per heavy atom. The predicted molar refractivity (Wildman–Crippen MR) is 86.1 cm³/mol. The van der Waals surface area contributed by atoms with Crippen molar-refractivity contribution in [3.63, 3.8) is 0 Å². The third kappa shape index (κ3) is 2.62. The van der Waals surface area contributed by atoms with Crippen molar-refractivity contribution in [1.29, 1.82) is 0 Å². The number of anilines is 1. The molecule has 1 saturated heterocycles. The van der Waals surface area contributed by atoms with Gasteiger partial charge in [0.15, 0.2) is 5.65 Å². The lowest BCUT2D eigenvalue weighted by atomic mass is 10.1. The average Bonchev–Trinajstić information content (AvgIpc) is 3.02. The van der Waals surface area contributed by atoms with Gasteiger partial charge in [-0.2, -0.15) is 9.61 Å². The number of hydrogen-bond acceptors (Lipinski definition) is 4. The Kier molecular flexibility index (Phi) is 3.61. The van der Waals surface area contributed by atoms with E-state index in [0.717, 1.165) is 30.1 Å². The minimum absolute atomic E-state index is 0.427. The molecular weight excluding hydrogens is 262 g/mol. The summed E-state index contributed by atoms with van der Waals surface area (Å²) >= 11 is 0. The van der Waals surface area contributed by atoms with E-state index < -0.39 is 0 Å². The fourth-order valence-electron chi connectivity index (χ4n) is 2.98. The third-order valence-electron chi connectivity index (χ3n) is 4.36. The summed E-state index contributed by atoms with van der Waals surface area (Å²) in [5.41, 5.74) is 3.13. The molecule has 3 heterocycles. The highest BCUT2D eigenvalue weighted by molar-refractivity contribution is 5.53. The van der Waals surface area contributed by atoms with Gasteiger partial charge in [-0.05, 0) is 33.4 Å². The van der Waals surface area contributed by atoms with Crippen LogP contribution in [0.4, 0.5) is 5.82 Å². The van der Waals surface area contributed by atoms with Gasteiger partial charge in [-0.1, -0.05) is 13.8 Å². The second kappa shape index (κ2) is 5.30. The van der Waals surface area contributed by atoms with Gasteiger partial charge in [0.2, 0.25) is 0 Å². The lowest BCUT2D eigenvalue weighted by molar-refractivity contribution is 0.315. The quantitative estimate of drug-likeness (QED) is 0.868. The summed E-state index contributed by atoms with van der Waals surface area (Å²) in [6.45, 7) is 8.55. The van der Waals surface area contributed by atoms with Crippen LogP contribution in [0.1, 0.15) is 37.6 Å². The van der Waals surface area contributed by atoms with E-state index in [1.54, 1.807) is 0 Å². The highest BCUT2D eigenvalue weighted by Gasteiger charge is 2.26. The zero-order valence-corrected chi connectivity index (χ0v) is 13.7. The summed E-state index contributed by atoms with van der Waals surface area (Å²) in [5.74, 6) is 1.61. The summed E-state index contributed by atoms with van der Waals surface area (Å²) in [6, 6.07) is 4.89. The molecule has 1 atom stereocenters. The van der Waals surface area contributed by atoms with Crippen LogP contribution in [0.15, 0.2) is 12.1 Å². The summed E-state index contributed by atoms with van der Waals surface area (Å²) in [5, 5.41) is 4.63. The smallest absolute Gasteiger partial charge is 0.157 e. The minimum Gasteiger partial charge on any atom is -0.355 e. The number of likely N-dealkylation sites (N-methyl/N-ethyl adjacent to an activating group) is 1. The van der Waals surface area contributed by atoms with Crippen molar-refractivity contribution < 1.29 is 0 Å². The molecule has 0 amide bonds. The summed E-state index contributed by atoms with van der Waals surface area (Å²) in [4.78, 5) is 9.50. The van der Waals surface area contributed by atoms with Crippen LogP contribution in [-0.2, 0) is 0 Å². The maximum atomic E-state index is 4.75. The molecule has 0 spiro atoms. The van der Waals surface area contributed by atoms with Crippen LogP contribution in [0.2, 0.25) is 0 Å². The lowest BCUT2D eigenvalue weighted by Gasteiger charge is -2.23. The van der Waals surface area contributed by atoms with Crippen LogP contribution >= 0.6 is 0 Å². The Morgan fingerprint density at radius 3 is 2.67 bits per heavy atom. The maximum Gasteiger partial charge on any atom is 0.157 e. The zero-order valence-electron chi connectivity index (χ0n) is 13.7. The second-order valence-electron chi connectivity index (χ2n) is 6.60. The molecule has 0 aromatic carbocycles. The number of fused-ring (bicyclic) bond motifs is 1. The average molecular weight is 287 g/mol. The van der Waals surface area contributed by atoms with Gasteiger partial charge in [-0.3, -0.25) is 0 Å². The van der Waals surface area contributed by atoms with E-state index in [2.05, 4.69) is 55.0 Å². The van der Waals surface area contributed by atoms with Crippen molar-refractivity contribution in [3.05, 3.63) is 23.5 Å². The fraction of sp³-hybridized carbons (Fsp3) is 0.625. The first-order chi connectivity index (χ1) is 9.95.